The Balaban J connectivity index is 1.74. The van der Waals surface area contributed by atoms with Crippen LogP contribution in [0.2, 0.25) is 0 Å². The number of aromatic amines is 1. The number of aromatic nitrogens is 2. The zero-order valence-electron chi connectivity index (χ0n) is 21.0. The van der Waals surface area contributed by atoms with Gasteiger partial charge in [-0.25, -0.2) is 9.79 Å². The lowest BCUT2D eigenvalue weighted by molar-refractivity contribution is -0.139. The molecule has 8 heteroatoms. The van der Waals surface area contributed by atoms with Gasteiger partial charge < -0.3 is 14.6 Å². The second-order valence-electron chi connectivity index (χ2n) is 9.00. The minimum absolute atomic E-state index is 0.181. The summed E-state index contributed by atoms with van der Waals surface area (Å²) in [4.78, 5) is 37.6. The van der Waals surface area contributed by atoms with Crippen LogP contribution in [0.3, 0.4) is 0 Å². The van der Waals surface area contributed by atoms with Crippen LogP contribution in [0.15, 0.2) is 69.6 Å². The second-order valence-corrected chi connectivity index (χ2v) is 10.0. The molecular weight excluding hydrogens is 472 g/mol. The summed E-state index contributed by atoms with van der Waals surface area (Å²) in [5.74, 6) is -0.456. The Kier molecular flexibility index (Phi) is 6.14. The van der Waals surface area contributed by atoms with Crippen LogP contribution in [0.5, 0.6) is 0 Å². The molecule has 3 heterocycles. The first-order chi connectivity index (χ1) is 17.3. The van der Waals surface area contributed by atoms with Crippen LogP contribution in [0.25, 0.3) is 17.0 Å². The molecule has 0 saturated heterocycles. The normalized spacial score (nSPS) is 15.7. The van der Waals surface area contributed by atoms with E-state index in [0.717, 1.165) is 33.4 Å². The van der Waals surface area contributed by atoms with Gasteiger partial charge in [0.1, 0.15) is 0 Å². The van der Waals surface area contributed by atoms with Gasteiger partial charge in [0, 0.05) is 41.9 Å². The number of para-hydroxylation sites is 1. The van der Waals surface area contributed by atoms with Crippen molar-refractivity contribution < 1.29 is 9.53 Å². The average Bonchev–Trinajstić information content (AvgIpc) is 3.34. The molecular formula is C28H28N4O3S. The van der Waals surface area contributed by atoms with Gasteiger partial charge in [-0.3, -0.25) is 9.36 Å². The van der Waals surface area contributed by atoms with E-state index in [9.17, 15) is 9.59 Å². The van der Waals surface area contributed by atoms with E-state index < -0.39 is 12.0 Å². The van der Waals surface area contributed by atoms with Gasteiger partial charge in [-0.2, -0.15) is 0 Å². The van der Waals surface area contributed by atoms with E-state index in [1.54, 1.807) is 18.4 Å². The molecule has 0 bridgehead atoms. The third-order valence-corrected chi connectivity index (χ3v) is 7.44. The van der Waals surface area contributed by atoms with Crippen molar-refractivity contribution in [3.63, 3.8) is 0 Å². The standard InChI is InChI=1S/C28H28N4O3S/c1-6-35-27(34)24-17(3)30-28-32(25(24)18-11-13-19(14-12-18)31(4)5)26(33)23(36-28)15-21-16(2)29-22-10-8-7-9-20(21)22/h7-15,25,29H,6H2,1-5H3/b23-15+/t25-/m0/s1. The molecule has 0 aliphatic carbocycles. The lowest BCUT2D eigenvalue weighted by Gasteiger charge is -2.25. The minimum Gasteiger partial charge on any atom is -0.463 e. The molecule has 0 radical (unpaired) electrons. The maximum Gasteiger partial charge on any atom is 0.338 e. The first-order valence-electron chi connectivity index (χ1n) is 11.8. The number of benzene rings is 2. The predicted molar refractivity (Wildman–Crippen MR) is 144 cm³/mol. The summed E-state index contributed by atoms with van der Waals surface area (Å²) < 4.78 is 7.58. The quantitative estimate of drug-likeness (QED) is 0.424. The zero-order valence-corrected chi connectivity index (χ0v) is 21.8. The summed E-state index contributed by atoms with van der Waals surface area (Å²) in [6.07, 6.45) is 1.92. The Morgan fingerprint density at radius 2 is 1.89 bits per heavy atom. The van der Waals surface area contributed by atoms with Crippen LogP contribution < -0.4 is 19.8 Å². The number of thiazole rings is 1. The highest BCUT2D eigenvalue weighted by atomic mass is 32.1. The Hall–Kier alpha value is -3.91. The third kappa shape index (κ3) is 3.97. The number of aryl methyl sites for hydroxylation is 1. The molecule has 1 N–H and O–H groups in total. The first-order valence-corrected chi connectivity index (χ1v) is 12.7. The number of carbonyl (C=O) groups excluding carboxylic acids is 1. The number of hydrogen-bond donors (Lipinski definition) is 1. The summed E-state index contributed by atoms with van der Waals surface area (Å²) in [5.41, 5.74) is 5.61. The highest BCUT2D eigenvalue weighted by molar-refractivity contribution is 7.07. The molecule has 0 spiro atoms. The van der Waals surface area contributed by atoms with Crippen molar-refractivity contribution in [3.8, 4) is 0 Å². The molecule has 2 aromatic heterocycles. The first kappa shape index (κ1) is 23.8. The van der Waals surface area contributed by atoms with Gasteiger partial charge in [0.15, 0.2) is 4.80 Å². The number of carbonyl (C=O) groups is 1. The molecule has 0 unspecified atom stereocenters. The molecule has 0 saturated carbocycles. The van der Waals surface area contributed by atoms with E-state index in [4.69, 9.17) is 4.74 Å². The van der Waals surface area contributed by atoms with Crippen LogP contribution in [-0.2, 0) is 9.53 Å². The number of allylic oxidation sites excluding steroid dienone is 1. The van der Waals surface area contributed by atoms with E-state index in [1.165, 1.54) is 11.3 Å². The molecule has 1 aliphatic heterocycles. The van der Waals surface area contributed by atoms with E-state index in [1.807, 2.05) is 80.5 Å². The highest BCUT2D eigenvalue weighted by Gasteiger charge is 2.33. The molecule has 7 nitrogen and oxygen atoms in total. The van der Waals surface area contributed by atoms with Gasteiger partial charge in [0.05, 0.1) is 28.5 Å². The number of nitrogens with zero attached hydrogens (tertiary/aromatic N) is 3. The summed E-state index contributed by atoms with van der Waals surface area (Å²) >= 11 is 1.33. The van der Waals surface area contributed by atoms with Crippen molar-refractivity contribution >= 4 is 40.0 Å². The predicted octanol–water partition coefficient (Wildman–Crippen LogP) is 3.65. The van der Waals surface area contributed by atoms with Crippen molar-refractivity contribution in [1.82, 2.24) is 9.55 Å². The number of fused-ring (bicyclic) bond motifs is 2. The topological polar surface area (TPSA) is 79.7 Å². The smallest absolute Gasteiger partial charge is 0.338 e. The molecule has 4 aromatic rings. The van der Waals surface area contributed by atoms with Crippen molar-refractivity contribution in [2.75, 3.05) is 25.6 Å². The van der Waals surface area contributed by atoms with E-state index in [-0.39, 0.29) is 12.2 Å². The fourth-order valence-electron chi connectivity index (χ4n) is 4.68. The molecule has 36 heavy (non-hydrogen) atoms. The maximum atomic E-state index is 13.9. The molecule has 0 amide bonds. The van der Waals surface area contributed by atoms with Crippen molar-refractivity contribution in [2.45, 2.75) is 26.8 Å². The third-order valence-electron chi connectivity index (χ3n) is 6.46. The highest BCUT2D eigenvalue weighted by Crippen LogP contribution is 2.31. The van der Waals surface area contributed by atoms with Gasteiger partial charge in [-0.1, -0.05) is 41.7 Å². The van der Waals surface area contributed by atoms with Crippen molar-refractivity contribution in [1.29, 1.82) is 0 Å². The Bertz CT molecular complexity index is 1690. The van der Waals surface area contributed by atoms with Crippen LogP contribution in [-0.4, -0.2) is 36.2 Å². The van der Waals surface area contributed by atoms with Gasteiger partial charge >= 0.3 is 5.97 Å². The average molecular weight is 501 g/mol. The molecule has 1 aliphatic rings. The summed E-state index contributed by atoms with van der Waals surface area (Å²) in [7, 11) is 3.94. The van der Waals surface area contributed by atoms with Gasteiger partial charge in [0.25, 0.3) is 5.56 Å². The van der Waals surface area contributed by atoms with Gasteiger partial charge in [0.2, 0.25) is 0 Å². The Morgan fingerprint density at radius 3 is 2.58 bits per heavy atom. The summed E-state index contributed by atoms with van der Waals surface area (Å²) in [6, 6.07) is 15.3. The zero-order chi connectivity index (χ0) is 25.6. The molecule has 1 atom stereocenters. The minimum atomic E-state index is -0.622. The van der Waals surface area contributed by atoms with Crippen LogP contribution in [0.4, 0.5) is 5.69 Å². The number of esters is 1. The van der Waals surface area contributed by atoms with E-state index in [0.29, 0.717) is 20.6 Å². The van der Waals surface area contributed by atoms with Gasteiger partial charge in [-0.05, 0) is 50.6 Å². The Labute approximate surface area is 212 Å². The second kappa shape index (κ2) is 9.28. The van der Waals surface area contributed by atoms with Crippen LogP contribution >= 0.6 is 11.3 Å². The molecule has 5 rings (SSSR count). The number of hydrogen-bond acceptors (Lipinski definition) is 6. The number of rotatable bonds is 5. The lowest BCUT2D eigenvalue weighted by atomic mass is 9.95. The van der Waals surface area contributed by atoms with E-state index >= 15 is 0 Å². The monoisotopic (exact) mass is 500 g/mol. The van der Waals surface area contributed by atoms with Gasteiger partial charge in [-0.15, -0.1) is 0 Å². The fraction of sp³-hybridized carbons (Fsp3) is 0.250. The lowest BCUT2D eigenvalue weighted by Crippen LogP contribution is -2.40. The molecule has 2 aromatic carbocycles. The summed E-state index contributed by atoms with van der Waals surface area (Å²) in [6.45, 7) is 5.81. The molecule has 184 valence electrons. The number of H-pyrrole nitrogens is 1. The fourth-order valence-corrected chi connectivity index (χ4v) is 5.71. The van der Waals surface area contributed by atoms with Crippen molar-refractivity contribution in [3.05, 3.63) is 96.3 Å². The van der Waals surface area contributed by atoms with Crippen LogP contribution in [0.1, 0.15) is 36.7 Å². The number of ether oxygens (including phenoxy) is 1. The number of anilines is 1. The Morgan fingerprint density at radius 1 is 1.17 bits per heavy atom. The van der Waals surface area contributed by atoms with Crippen LogP contribution in [0, 0.1) is 6.92 Å². The molecule has 0 fully saturated rings. The van der Waals surface area contributed by atoms with Crippen molar-refractivity contribution in [2.24, 2.45) is 4.99 Å². The van der Waals surface area contributed by atoms with E-state index in [2.05, 4.69) is 9.98 Å². The largest absolute Gasteiger partial charge is 0.463 e. The number of nitrogens with one attached hydrogen (secondary N) is 1. The summed E-state index contributed by atoms with van der Waals surface area (Å²) in [5, 5.41) is 1.06. The maximum absolute atomic E-state index is 13.9. The SMILES string of the molecule is CCOC(=O)C1=C(C)N=c2s/c(=C/c3c(C)[nH]c4ccccc34)c(=O)n2[C@H]1c1ccc(N(C)C)cc1.